The summed E-state index contributed by atoms with van der Waals surface area (Å²) in [5.41, 5.74) is 3.03. The number of benzene rings is 2. The first-order chi connectivity index (χ1) is 13.1. The summed E-state index contributed by atoms with van der Waals surface area (Å²) in [6, 6.07) is 11.8. The second-order valence-corrected chi connectivity index (χ2v) is 9.58. The number of carbonyl (C=O) groups is 1. The van der Waals surface area contributed by atoms with Crippen molar-refractivity contribution in [2.75, 3.05) is 32.3 Å². The van der Waals surface area contributed by atoms with Gasteiger partial charge in [-0.3, -0.25) is 4.79 Å². The van der Waals surface area contributed by atoms with Crippen molar-refractivity contribution in [1.29, 1.82) is 0 Å². The van der Waals surface area contributed by atoms with E-state index < -0.39 is 0 Å². The molecule has 0 unspecified atom stereocenters. The standard InChI is InChI=1S/C20H22BrNO3S2/c1-24-17-11-15(16(21)12-18(17)25-2)7-8-22-19(23)13-3-5-14(6-4-13)20-26-9-10-27-20/h3-6,11-12,20H,7-10H2,1-2H3,(H,22,23). The molecule has 0 spiro atoms. The Morgan fingerprint density at radius 3 is 2.37 bits per heavy atom. The Bertz CT molecular complexity index is 793. The number of thioether (sulfide) groups is 2. The molecule has 144 valence electrons. The molecule has 0 radical (unpaired) electrons. The summed E-state index contributed by atoms with van der Waals surface area (Å²) < 4.78 is 12.1. The number of carbonyl (C=O) groups excluding carboxylic acids is 1. The molecule has 1 aliphatic rings. The fourth-order valence-corrected chi connectivity index (χ4v) is 6.22. The fraction of sp³-hybridized carbons (Fsp3) is 0.350. The Morgan fingerprint density at radius 2 is 1.74 bits per heavy atom. The molecule has 0 saturated carbocycles. The van der Waals surface area contributed by atoms with Crippen LogP contribution in [0.1, 0.15) is 26.1 Å². The Balaban J connectivity index is 1.56. The minimum Gasteiger partial charge on any atom is -0.493 e. The van der Waals surface area contributed by atoms with Gasteiger partial charge in [0.25, 0.3) is 5.91 Å². The summed E-state index contributed by atoms with van der Waals surface area (Å²) in [6.07, 6.45) is 0.695. The summed E-state index contributed by atoms with van der Waals surface area (Å²) in [7, 11) is 3.23. The van der Waals surface area contributed by atoms with E-state index >= 15 is 0 Å². The van der Waals surface area contributed by atoms with Gasteiger partial charge in [-0.25, -0.2) is 0 Å². The zero-order valence-corrected chi connectivity index (χ0v) is 18.5. The number of hydrogen-bond donors (Lipinski definition) is 1. The fourth-order valence-electron chi connectivity index (χ4n) is 2.84. The van der Waals surface area contributed by atoms with Crippen LogP contribution in [-0.4, -0.2) is 38.2 Å². The molecule has 1 amide bonds. The Morgan fingerprint density at radius 1 is 1.11 bits per heavy atom. The van der Waals surface area contributed by atoms with Crippen molar-refractivity contribution in [3.8, 4) is 11.5 Å². The van der Waals surface area contributed by atoms with E-state index in [0.29, 0.717) is 34.6 Å². The van der Waals surface area contributed by atoms with Crippen molar-refractivity contribution in [2.45, 2.75) is 11.0 Å². The van der Waals surface area contributed by atoms with Gasteiger partial charge in [0.1, 0.15) is 0 Å². The highest BCUT2D eigenvalue weighted by molar-refractivity contribution is 9.10. The molecule has 1 aliphatic heterocycles. The quantitative estimate of drug-likeness (QED) is 0.626. The highest BCUT2D eigenvalue weighted by atomic mass is 79.9. The van der Waals surface area contributed by atoms with E-state index in [2.05, 4.69) is 33.4 Å². The van der Waals surface area contributed by atoms with Gasteiger partial charge in [-0.1, -0.05) is 28.1 Å². The van der Waals surface area contributed by atoms with E-state index in [-0.39, 0.29) is 5.91 Å². The molecule has 0 aromatic heterocycles. The molecule has 27 heavy (non-hydrogen) atoms. The summed E-state index contributed by atoms with van der Waals surface area (Å²) >= 11 is 7.49. The molecule has 1 heterocycles. The summed E-state index contributed by atoms with van der Waals surface area (Å²) in [6.45, 7) is 0.545. The van der Waals surface area contributed by atoms with Gasteiger partial charge in [-0.15, -0.1) is 23.5 Å². The van der Waals surface area contributed by atoms with Crippen LogP contribution in [-0.2, 0) is 6.42 Å². The van der Waals surface area contributed by atoms with Crippen LogP contribution >= 0.6 is 39.5 Å². The zero-order valence-electron chi connectivity index (χ0n) is 15.3. The maximum Gasteiger partial charge on any atom is 0.251 e. The lowest BCUT2D eigenvalue weighted by Gasteiger charge is -2.12. The first kappa shape index (κ1) is 20.4. The normalized spacial score (nSPS) is 14.2. The topological polar surface area (TPSA) is 47.6 Å². The Labute approximate surface area is 176 Å². The Hall–Kier alpha value is -1.31. The zero-order chi connectivity index (χ0) is 19.2. The van der Waals surface area contributed by atoms with Gasteiger partial charge in [-0.05, 0) is 41.8 Å². The second-order valence-electron chi connectivity index (χ2n) is 6.00. The molecule has 3 rings (SSSR count). The molecule has 1 N–H and O–H groups in total. The second kappa shape index (κ2) is 9.75. The number of ether oxygens (including phenoxy) is 2. The number of halogens is 1. The van der Waals surface area contributed by atoms with E-state index in [1.54, 1.807) is 14.2 Å². The molecule has 1 fully saturated rings. The monoisotopic (exact) mass is 467 g/mol. The van der Waals surface area contributed by atoms with Crippen LogP contribution in [0, 0.1) is 0 Å². The molecule has 0 atom stereocenters. The molecule has 7 heteroatoms. The van der Waals surface area contributed by atoms with Crippen LogP contribution in [0.3, 0.4) is 0 Å². The molecule has 2 aromatic rings. The van der Waals surface area contributed by atoms with Crippen molar-refractivity contribution >= 4 is 45.4 Å². The summed E-state index contributed by atoms with van der Waals surface area (Å²) in [5.74, 6) is 3.70. The largest absolute Gasteiger partial charge is 0.493 e. The van der Waals surface area contributed by atoms with Gasteiger partial charge in [0.2, 0.25) is 0 Å². The number of rotatable bonds is 7. The van der Waals surface area contributed by atoms with Crippen LogP contribution in [0.4, 0.5) is 0 Å². The van der Waals surface area contributed by atoms with Crippen LogP contribution in [0.25, 0.3) is 0 Å². The van der Waals surface area contributed by atoms with Crippen molar-refractivity contribution < 1.29 is 14.3 Å². The van der Waals surface area contributed by atoms with Gasteiger partial charge in [0, 0.05) is 28.1 Å². The van der Waals surface area contributed by atoms with Crippen LogP contribution in [0.15, 0.2) is 40.9 Å². The molecular formula is C20H22BrNO3S2. The number of methoxy groups -OCH3 is 2. The van der Waals surface area contributed by atoms with Gasteiger partial charge in [0.05, 0.1) is 18.8 Å². The predicted molar refractivity (Wildman–Crippen MR) is 117 cm³/mol. The van der Waals surface area contributed by atoms with E-state index in [4.69, 9.17) is 9.47 Å². The van der Waals surface area contributed by atoms with E-state index in [1.165, 1.54) is 17.1 Å². The molecule has 4 nitrogen and oxygen atoms in total. The molecule has 2 aromatic carbocycles. The van der Waals surface area contributed by atoms with Crippen LogP contribution in [0.2, 0.25) is 0 Å². The van der Waals surface area contributed by atoms with Crippen LogP contribution < -0.4 is 14.8 Å². The van der Waals surface area contributed by atoms with E-state index in [1.807, 2.05) is 47.8 Å². The molecular weight excluding hydrogens is 446 g/mol. The number of hydrogen-bond acceptors (Lipinski definition) is 5. The van der Waals surface area contributed by atoms with Gasteiger partial charge in [-0.2, -0.15) is 0 Å². The predicted octanol–water partition coefficient (Wildman–Crippen LogP) is 4.92. The molecule has 0 bridgehead atoms. The third-order valence-electron chi connectivity index (χ3n) is 4.30. The number of nitrogens with one attached hydrogen (secondary N) is 1. The summed E-state index contributed by atoms with van der Waals surface area (Å²) in [4.78, 5) is 12.4. The SMILES string of the molecule is COc1cc(Br)c(CCNC(=O)c2ccc(C3SCCS3)cc2)cc1OC. The average Bonchev–Trinajstić information content (AvgIpc) is 3.23. The molecule has 0 aliphatic carbocycles. The summed E-state index contributed by atoms with van der Waals surface area (Å²) in [5, 5.41) is 2.99. The minimum absolute atomic E-state index is 0.0510. The molecule has 1 saturated heterocycles. The van der Waals surface area contributed by atoms with E-state index in [9.17, 15) is 4.79 Å². The smallest absolute Gasteiger partial charge is 0.251 e. The third-order valence-corrected chi connectivity index (χ3v) is 8.14. The lowest BCUT2D eigenvalue weighted by atomic mass is 10.1. The van der Waals surface area contributed by atoms with Crippen molar-refractivity contribution in [1.82, 2.24) is 5.32 Å². The van der Waals surface area contributed by atoms with Gasteiger partial charge >= 0.3 is 0 Å². The third kappa shape index (κ3) is 5.15. The minimum atomic E-state index is -0.0510. The van der Waals surface area contributed by atoms with Gasteiger partial charge in [0.15, 0.2) is 11.5 Å². The first-order valence-corrected chi connectivity index (χ1v) is 11.5. The van der Waals surface area contributed by atoms with E-state index in [0.717, 1.165) is 10.0 Å². The van der Waals surface area contributed by atoms with Crippen molar-refractivity contribution in [3.05, 3.63) is 57.6 Å². The maximum absolute atomic E-state index is 12.4. The average molecular weight is 468 g/mol. The highest BCUT2D eigenvalue weighted by Gasteiger charge is 2.18. The van der Waals surface area contributed by atoms with Crippen LogP contribution in [0.5, 0.6) is 11.5 Å². The highest BCUT2D eigenvalue weighted by Crippen LogP contribution is 2.45. The van der Waals surface area contributed by atoms with Gasteiger partial charge < -0.3 is 14.8 Å². The van der Waals surface area contributed by atoms with Crippen molar-refractivity contribution in [2.24, 2.45) is 0 Å². The first-order valence-electron chi connectivity index (χ1n) is 8.64. The Kier molecular flexibility index (Phi) is 7.38. The lowest BCUT2D eigenvalue weighted by Crippen LogP contribution is -2.25. The lowest BCUT2D eigenvalue weighted by molar-refractivity contribution is 0.0954. The van der Waals surface area contributed by atoms with Crippen molar-refractivity contribution in [3.63, 3.8) is 0 Å². The number of amides is 1. The maximum atomic E-state index is 12.4.